The third-order valence-electron chi connectivity index (χ3n) is 3.66. The van der Waals surface area contributed by atoms with Gasteiger partial charge in [0.1, 0.15) is 11.8 Å². The Bertz CT molecular complexity index is 619. The van der Waals surface area contributed by atoms with Crippen molar-refractivity contribution in [1.82, 2.24) is 15.1 Å². The van der Waals surface area contributed by atoms with E-state index >= 15 is 0 Å². The third kappa shape index (κ3) is 4.22. The van der Waals surface area contributed by atoms with E-state index in [4.69, 9.17) is 4.74 Å². The van der Waals surface area contributed by atoms with E-state index in [1.807, 2.05) is 0 Å². The first kappa shape index (κ1) is 18.2. The van der Waals surface area contributed by atoms with E-state index in [2.05, 4.69) is 15.7 Å². The fourth-order valence-electron chi connectivity index (χ4n) is 2.56. The molecule has 1 heterocycles. The number of hydrogen-bond acceptors (Lipinski definition) is 5. The van der Waals surface area contributed by atoms with Crippen LogP contribution in [0.4, 0.5) is 15.0 Å². The largest absolute Gasteiger partial charge is 0.444 e. The van der Waals surface area contributed by atoms with Gasteiger partial charge in [0.25, 0.3) is 5.91 Å². The number of rotatable bonds is 4. The number of nitrogens with zero attached hydrogens (tertiary/aromatic N) is 2. The number of aryl methyl sites for hydroxylation is 1. The van der Waals surface area contributed by atoms with Gasteiger partial charge >= 0.3 is 6.09 Å². The van der Waals surface area contributed by atoms with Gasteiger partial charge in [-0.05, 0) is 20.8 Å². The van der Waals surface area contributed by atoms with Gasteiger partial charge in [-0.25, -0.2) is 9.18 Å². The Hall–Kier alpha value is -2.16. The molecule has 8 nitrogen and oxygen atoms in total. The number of alkyl carbamates (subject to hydrolysis) is 1. The predicted molar refractivity (Wildman–Crippen MR) is 84.1 cm³/mol. The van der Waals surface area contributed by atoms with Gasteiger partial charge in [-0.15, -0.1) is 0 Å². The fourth-order valence-corrected chi connectivity index (χ4v) is 2.56. The summed E-state index contributed by atoms with van der Waals surface area (Å²) in [7, 11) is 1.68. The second-order valence-electron chi connectivity index (χ2n) is 7.05. The van der Waals surface area contributed by atoms with E-state index in [1.165, 1.54) is 4.68 Å². The third-order valence-corrected chi connectivity index (χ3v) is 3.66. The molecule has 1 unspecified atom stereocenters. The summed E-state index contributed by atoms with van der Waals surface area (Å²) in [5.74, 6) is -0.512. The SMILES string of the molecule is Cn1ccc(NC(=O)C(O)C2(NC(=O)OC(C)(C)C)CC(F)C2)n1. The molecule has 3 N–H and O–H groups in total. The Morgan fingerprint density at radius 3 is 2.58 bits per heavy atom. The summed E-state index contributed by atoms with van der Waals surface area (Å²) >= 11 is 0. The van der Waals surface area contributed by atoms with E-state index in [0.717, 1.165) is 0 Å². The molecule has 0 spiro atoms. The summed E-state index contributed by atoms with van der Waals surface area (Å²) in [5.41, 5.74) is -2.13. The molecule has 0 bridgehead atoms. The van der Waals surface area contributed by atoms with E-state index in [-0.39, 0.29) is 18.7 Å². The van der Waals surface area contributed by atoms with Crippen LogP contribution in [0.1, 0.15) is 33.6 Å². The maximum Gasteiger partial charge on any atom is 0.408 e. The monoisotopic (exact) mass is 342 g/mol. The number of aliphatic hydroxyl groups is 1. The van der Waals surface area contributed by atoms with Crippen molar-refractivity contribution >= 4 is 17.8 Å². The number of aliphatic hydroxyl groups excluding tert-OH is 1. The number of anilines is 1. The fraction of sp³-hybridized carbons (Fsp3) is 0.667. The van der Waals surface area contributed by atoms with Crippen molar-refractivity contribution in [2.45, 2.75) is 57.0 Å². The molecule has 134 valence electrons. The summed E-state index contributed by atoms with van der Waals surface area (Å²) in [6.45, 7) is 5.05. The number of carbonyl (C=O) groups excluding carboxylic acids is 2. The zero-order valence-corrected chi connectivity index (χ0v) is 14.2. The lowest BCUT2D eigenvalue weighted by Crippen LogP contribution is -2.68. The summed E-state index contributed by atoms with van der Waals surface area (Å²) in [6.07, 6.45) is -2.33. The van der Waals surface area contributed by atoms with E-state index in [9.17, 15) is 19.1 Å². The van der Waals surface area contributed by atoms with Crippen molar-refractivity contribution in [3.63, 3.8) is 0 Å². The summed E-state index contributed by atoms with van der Waals surface area (Å²) in [5, 5.41) is 19.2. The van der Waals surface area contributed by atoms with Gasteiger partial charge in [0.05, 0.1) is 5.54 Å². The van der Waals surface area contributed by atoms with Gasteiger partial charge in [0, 0.05) is 32.2 Å². The number of halogens is 1. The molecule has 24 heavy (non-hydrogen) atoms. The topological polar surface area (TPSA) is 105 Å². The molecule has 0 aromatic carbocycles. The lowest BCUT2D eigenvalue weighted by molar-refractivity contribution is -0.133. The normalized spacial score (nSPS) is 24.7. The molecular weight excluding hydrogens is 319 g/mol. The molecule has 9 heteroatoms. The Labute approximate surface area is 139 Å². The first-order valence-electron chi connectivity index (χ1n) is 7.64. The molecule has 1 saturated carbocycles. The van der Waals surface area contributed by atoms with Crippen LogP contribution < -0.4 is 10.6 Å². The number of nitrogens with one attached hydrogen (secondary N) is 2. The molecule has 0 aliphatic heterocycles. The van der Waals surface area contributed by atoms with Crippen LogP contribution in [0.3, 0.4) is 0 Å². The zero-order valence-electron chi connectivity index (χ0n) is 14.2. The smallest absolute Gasteiger partial charge is 0.408 e. The van der Waals surface area contributed by atoms with E-state index < -0.39 is 35.4 Å². The number of ether oxygens (including phenoxy) is 1. The van der Waals surface area contributed by atoms with Gasteiger partial charge in [-0.1, -0.05) is 0 Å². The average molecular weight is 342 g/mol. The van der Waals surface area contributed by atoms with Crippen LogP contribution in [0.25, 0.3) is 0 Å². The molecule has 1 aliphatic carbocycles. The maximum atomic E-state index is 13.4. The number of carbonyl (C=O) groups is 2. The predicted octanol–water partition coefficient (Wildman–Crippen LogP) is 1.11. The van der Waals surface area contributed by atoms with Crippen LogP contribution >= 0.6 is 0 Å². The molecule has 1 atom stereocenters. The van der Waals surface area contributed by atoms with Gasteiger partial charge in [-0.2, -0.15) is 5.10 Å². The van der Waals surface area contributed by atoms with Crippen molar-refractivity contribution < 1.29 is 23.8 Å². The maximum absolute atomic E-state index is 13.4. The summed E-state index contributed by atoms with van der Waals surface area (Å²) < 4.78 is 20.0. The van der Waals surface area contributed by atoms with Crippen LogP contribution in [0.15, 0.2) is 12.3 Å². The Balaban J connectivity index is 2.05. The first-order chi connectivity index (χ1) is 11.0. The highest BCUT2D eigenvalue weighted by atomic mass is 19.1. The molecule has 1 aliphatic rings. The first-order valence-corrected chi connectivity index (χ1v) is 7.64. The van der Waals surface area contributed by atoms with Crippen LogP contribution in [0.5, 0.6) is 0 Å². The number of aromatic nitrogens is 2. The van der Waals surface area contributed by atoms with Crippen molar-refractivity contribution in [3.05, 3.63) is 12.3 Å². The molecule has 2 rings (SSSR count). The lowest BCUT2D eigenvalue weighted by atomic mass is 9.71. The standard InChI is InChI=1S/C15H23FN4O4/c1-14(2,3)24-13(23)18-15(7-9(16)8-15)11(21)12(22)17-10-5-6-20(4)19-10/h5-6,9,11,21H,7-8H2,1-4H3,(H,18,23)(H,17,19,22). The Morgan fingerprint density at radius 1 is 1.50 bits per heavy atom. The molecule has 1 fully saturated rings. The van der Waals surface area contributed by atoms with Gasteiger partial charge in [0.2, 0.25) is 0 Å². The molecule has 1 aromatic rings. The molecule has 0 saturated heterocycles. The molecular formula is C15H23FN4O4. The Morgan fingerprint density at radius 2 is 2.12 bits per heavy atom. The highest BCUT2D eigenvalue weighted by Gasteiger charge is 2.54. The van der Waals surface area contributed by atoms with Crippen LogP contribution in [-0.2, 0) is 16.6 Å². The van der Waals surface area contributed by atoms with Crippen LogP contribution in [0.2, 0.25) is 0 Å². The second kappa shape index (κ2) is 6.39. The van der Waals surface area contributed by atoms with Crippen molar-refractivity contribution in [2.24, 2.45) is 7.05 Å². The lowest BCUT2D eigenvalue weighted by Gasteiger charge is -2.46. The van der Waals surface area contributed by atoms with E-state index in [1.54, 1.807) is 40.1 Å². The van der Waals surface area contributed by atoms with E-state index in [0.29, 0.717) is 0 Å². The average Bonchev–Trinajstić information content (AvgIpc) is 2.78. The minimum Gasteiger partial charge on any atom is -0.444 e. The minimum atomic E-state index is -1.63. The summed E-state index contributed by atoms with van der Waals surface area (Å²) in [6, 6.07) is 1.55. The van der Waals surface area contributed by atoms with Gasteiger partial charge in [0.15, 0.2) is 11.9 Å². The molecule has 2 amide bonds. The Kier molecular flexibility index (Phi) is 4.84. The minimum absolute atomic E-state index is 0.164. The number of amides is 2. The zero-order chi connectivity index (χ0) is 18.1. The quantitative estimate of drug-likeness (QED) is 0.760. The number of hydrogen-bond donors (Lipinski definition) is 3. The second-order valence-corrected chi connectivity index (χ2v) is 7.05. The van der Waals surface area contributed by atoms with Crippen LogP contribution in [-0.4, -0.2) is 50.3 Å². The van der Waals surface area contributed by atoms with Crippen molar-refractivity contribution in [2.75, 3.05) is 5.32 Å². The van der Waals surface area contributed by atoms with Crippen LogP contribution in [0, 0.1) is 0 Å². The van der Waals surface area contributed by atoms with Gasteiger partial charge in [-0.3, -0.25) is 9.48 Å². The van der Waals surface area contributed by atoms with Crippen molar-refractivity contribution in [3.8, 4) is 0 Å². The molecule has 0 radical (unpaired) electrons. The summed E-state index contributed by atoms with van der Waals surface area (Å²) in [4.78, 5) is 24.2. The van der Waals surface area contributed by atoms with Crippen molar-refractivity contribution in [1.29, 1.82) is 0 Å². The highest BCUT2D eigenvalue weighted by Crippen LogP contribution is 2.38. The van der Waals surface area contributed by atoms with Gasteiger partial charge < -0.3 is 20.5 Å². The highest BCUT2D eigenvalue weighted by molar-refractivity contribution is 5.94. The number of alkyl halides is 1. The molecule has 1 aromatic heterocycles.